The normalized spacial score (nSPS) is 10.4. The van der Waals surface area contributed by atoms with E-state index in [1.807, 2.05) is 31.2 Å². The van der Waals surface area contributed by atoms with Crippen LogP contribution in [0.25, 0.3) is 0 Å². The standard InChI is InChI=1S/C18H21BrN2O/c1-12-7-8-16(15(19)11-12)21-17(22)9-10-20-18-13(2)5-4-6-14(18)3/h4-8,11,20H,9-10H2,1-3H3,(H,21,22). The second kappa shape index (κ2) is 7.45. The van der Waals surface area contributed by atoms with E-state index in [0.29, 0.717) is 13.0 Å². The molecule has 0 saturated heterocycles. The Labute approximate surface area is 140 Å². The average molecular weight is 361 g/mol. The Morgan fingerprint density at radius 2 is 1.77 bits per heavy atom. The first-order valence-corrected chi connectivity index (χ1v) is 8.13. The Balaban J connectivity index is 1.88. The summed E-state index contributed by atoms with van der Waals surface area (Å²) >= 11 is 3.47. The van der Waals surface area contributed by atoms with E-state index in [9.17, 15) is 4.79 Å². The van der Waals surface area contributed by atoms with E-state index in [4.69, 9.17) is 0 Å². The molecular weight excluding hydrogens is 340 g/mol. The first-order valence-electron chi connectivity index (χ1n) is 7.33. The maximum absolute atomic E-state index is 12.0. The number of hydrogen-bond acceptors (Lipinski definition) is 2. The molecule has 4 heteroatoms. The van der Waals surface area contributed by atoms with E-state index < -0.39 is 0 Å². The van der Waals surface area contributed by atoms with Gasteiger partial charge < -0.3 is 10.6 Å². The third-order valence-corrected chi connectivity index (χ3v) is 4.19. The number of nitrogens with one attached hydrogen (secondary N) is 2. The van der Waals surface area contributed by atoms with Gasteiger partial charge in [-0.15, -0.1) is 0 Å². The largest absolute Gasteiger partial charge is 0.384 e. The van der Waals surface area contributed by atoms with Crippen LogP contribution in [0.1, 0.15) is 23.1 Å². The lowest BCUT2D eigenvalue weighted by molar-refractivity contribution is -0.115. The van der Waals surface area contributed by atoms with Gasteiger partial charge >= 0.3 is 0 Å². The predicted octanol–water partition coefficient (Wildman–Crippen LogP) is 4.82. The fraction of sp³-hybridized carbons (Fsp3) is 0.278. The molecule has 0 aliphatic carbocycles. The summed E-state index contributed by atoms with van der Waals surface area (Å²) in [7, 11) is 0. The Morgan fingerprint density at radius 1 is 1.09 bits per heavy atom. The monoisotopic (exact) mass is 360 g/mol. The van der Waals surface area contributed by atoms with Gasteiger partial charge in [-0.3, -0.25) is 4.79 Å². The number of rotatable bonds is 5. The number of anilines is 2. The molecule has 0 aliphatic rings. The second-order valence-corrected chi connectivity index (χ2v) is 6.33. The summed E-state index contributed by atoms with van der Waals surface area (Å²) < 4.78 is 0.906. The van der Waals surface area contributed by atoms with Crippen molar-refractivity contribution < 1.29 is 4.79 Å². The molecule has 0 saturated carbocycles. The fourth-order valence-electron chi connectivity index (χ4n) is 2.33. The van der Waals surface area contributed by atoms with Gasteiger partial charge in [0.15, 0.2) is 0 Å². The van der Waals surface area contributed by atoms with Crippen molar-refractivity contribution in [2.75, 3.05) is 17.2 Å². The first-order chi connectivity index (χ1) is 10.5. The highest BCUT2D eigenvalue weighted by Crippen LogP contribution is 2.23. The van der Waals surface area contributed by atoms with Crippen LogP contribution in [0.3, 0.4) is 0 Å². The van der Waals surface area contributed by atoms with Gasteiger partial charge in [0.1, 0.15) is 0 Å². The van der Waals surface area contributed by atoms with Crippen LogP contribution in [0.2, 0.25) is 0 Å². The van der Waals surface area contributed by atoms with Gasteiger partial charge in [-0.1, -0.05) is 24.3 Å². The molecule has 0 aliphatic heterocycles. The summed E-state index contributed by atoms with van der Waals surface area (Å²) in [4.78, 5) is 12.0. The first kappa shape index (κ1) is 16.6. The highest BCUT2D eigenvalue weighted by Gasteiger charge is 2.07. The third-order valence-electron chi connectivity index (χ3n) is 3.53. The summed E-state index contributed by atoms with van der Waals surface area (Å²) in [6.45, 7) is 6.77. The van der Waals surface area contributed by atoms with Crippen LogP contribution >= 0.6 is 15.9 Å². The minimum Gasteiger partial charge on any atom is -0.384 e. The zero-order valence-electron chi connectivity index (χ0n) is 13.2. The maximum atomic E-state index is 12.0. The van der Waals surface area contributed by atoms with E-state index in [1.54, 1.807) is 0 Å². The molecule has 1 amide bonds. The lowest BCUT2D eigenvalue weighted by Crippen LogP contribution is -2.17. The number of carbonyl (C=O) groups excluding carboxylic acids is 1. The van der Waals surface area contributed by atoms with Gasteiger partial charge in [-0.25, -0.2) is 0 Å². The molecule has 2 rings (SSSR count). The number of amides is 1. The van der Waals surface area contributed by atoms with E-state index in [-0.39, 0.29) is 5.91 Å². The van der Waals surface area contributed by atoms with Crippen molar-refractivity contribution in [2.45, 2.75) is 27.2 Å². The summed E-state index contributed by atoms with van der Waals surface area (Å²) in [5, 5.41) is 6.28. The molecule has 116 valence electrons. The van der Waals surface area contributed by atoms with Crippen LogP contribution < -0.4 is 10.6 Å². The number of benzene rings is 2. The fourth-order valence-corrected chi connectivity index (χ4v) is 2.92. The van der Waals surface area contributed by atoms with Crippen LogP contribution in [0, 0.1) is 20.8 Å². The number of para-hydroxylation sites is 1. The van der Waals surface area contributed by atoms with Crippen LogP contribution in [-0.2, 0) is 4.79 Å². The predicted molar refractivity (Wildman–Crippen MR) is 96.5 cm³/mol. The summed E-state index contributed by atoms with van der Waals surface area (Å²) in [5.74, 6) is 0.00305. The van der Waals surface area contributed by atoms with Crippen molar-refractivity contribution in [1.82, 2.24) is 0 Å². The van der Waals surface area contributed by atoms with E-state index in [0.717, 1.165) is 21.4 Å². The second-order valence-electron chi connectivity index (χ2n) is 5.48. The molecule has 2 N–H and O–H groups in total. The molecule has 22 heavy (non-hydrogen) atoms. The maximum Gasteiger partial charge on any atom is 0.226 e. The minimum absolute atomic E-state index is 0.00305. The summed E-state index contributed by atoms with van der Waals surface area (Å²) in [6, 6.07) is 12.1. The summed E-state index contributed by atoms with van der Waals surface area (Å²) in [5.41, 5.74) is 5.47. The lowest BCUT2D eigenvalue weighted by atomic mass is 10.1. The van der Waals surface area contributed by atoms with Gasteiger partial charge in [-0.2, -0.15) is 0 Å². The molecule has 0 unspecified atom stereocenters. The smallest absolute Gasteiger partial charge is 0.226 e. The van der Waals surface area contributed by atoms with Crippen LogP contribution in [0.15, 0.2) is 40.9 Å². The highest BCUT2D eigenvalue weighted by molar-refractivity contribution is 9.10. The van der Waals surface area contributed by atoms with Crippen LogP contribution in [0.4, 0.5) is 11.4 Å². The van der Waals surface area contributed by atoms with Gasteiger partial charge in [0.25, 0.3) is 0 Å². The molecule has 2 aromatic rings. The van der Waals surface area contributed by atoms with Crippen molar-refractivity contribution in [3.63, 3.8) is 0 Å². The van der Waals surface area contributed by atoms with Crippen molar-refractivity contribution in [1.29, 1.82) is 0 Å². The molecule has 0 fully saturated rings. The quantitative estimate of drug-likeness (QED) is 0.802. The molecule has 0 spiro atoms. The molecule has 2 aromatic carbocycles. The SMILES string of the molecule is Cc1ccc(NC(=O)CCNc2c(C)cccc2C)c(Br)c1. The van der Waals surface area contributed by atoms with E-state index in [2.05, 4.69) is 52.5 Å². The Kier molecular flexibility index (Phi) is 5.61. The molecular formula is C18H21BrN2O. The molecule has 0 heterocycles. The van der Waals surface area contributed by atoms with Gasteiger partial charge in [-0.05, 0) is 65.5 Å². The number of hydrogen-bond donors (Lipinski definition) is 2. The highest BCUT2D eigenvalue weighted by atomic mass is 79.9. The molecule has 0 bridgehead atoms. The van der Waals surface area contributed by atoms with Gasteiger partial charge in [0, 0.05) is 23.1 Å². The van der Waals surface area contributed by atoms with Crippen molar-refractivity contribution >= 4 is 33.2 Å². The topological polar surface area (TPSA) is 41.1 Å². The Hall–Kier alpha value is -1.81. The number of aryl methyl sites for hydroxylation is 3. The van der Waals surface area contributed by atoms with Crippen LogP contribution in [0.5, 0.6) is 0 Å². The van der Waals surface area contributed by atoms with E-state index in [1.165, 1.54) is 11.1 Å². The van der Waals surface area contributed by atoms with E-state index >= 15 is 0 Å². The molecule has 0 radical (unpaired) electrons. The zero-order chi connectivity index (χ0) is 16.1. The lowest BCUT2D eigenvalue weighted by Gasteiger charge is -2.13. The van der Waals surface area contributed by atoms with Crippen molar-refractivity contribution in [2.24, 2.45) is 0 Å². The minimum atomic E-state index is 0.00305. The van der Waals surface area contributed by atoms with Crippen LogP contribution in [-0.4, -0.2) is 12.5 Å². The molecule has 0 aromatic heterocycles. The average Bonchev–Trinajstić information content (AvgIpc) is 2.45. The summed E-state index contributed by atoms with van der Waals surface area (Å²) in [6.07, 6.45) is 0.425. The number of carbonyl (C=O) groups is 1. The van der Waals surface area contributed by atoms with Gasteiger partial charge in [0.2, 0.25) is 5.91 Å². The van der Waals surface area contributed by atoms with Crippen molar-refractivity contribution in [3.8, 4) is 0 Å². The Morgan fingerprint density at radius 3 is 2.41 bits per heavy atom. The zero-order valence-corrected chi connectivity index (χ0v) is 14.8. The Bertz CT molecular complexity index is 663. The van der Waals surface area contributed by atoms with Crippen molar-refractivity contribution in [3.05, 3.63) is 57.6 Å². The molecule has 3 nitrogen and oxygen atoms in total. The third kappa shape index (κ3) is 4.34. The molecule has 0 atom stereocenters. The number of halogens is 1. The van der Waals surface area contributed by atoms with Gasteiger partial charge in [0.05, 0.1) is 5.69 Å².